The Balaban J connectivity index is 0.00000100. The Kier molecular flexibility index (Phi) is 6.07. The molecule has 0 saturated carbocycles. The van der Waals surface area contributed by atoms with Crippen molar-refractivity contribution >= 4 is 0 Å². The third-order valence-corrected chi connectivity index (χ3v) is 3.81. The van der Waals surface area contributed by atoms with E-state index in [1.165, 1.54) is 6.08 Å². The van der Waals surface area contributed by atoms with Gasteiger partial charge in [-0.25, -0.2) is 0 Å². The molecule has 1 aliphatic heterocycles. The van der Waals surface area contributed by atoms with Gasteiger partial charge in [-0.05, 0) is 47.9 Å². The molecule has 0 fully saturated rings. The molecule has 2 aliphatic rings. The second kappa shape index (κ2) is 8.04. The van der Waals surface area contributed by atoms with E-state index in [4.69, 9.17) is 0 Å². The van der Waals surface area contributed by atoms with Gasteiger partial charge in [0.15, 0.2) is 0 Å². The van der Waals surface area contributed by atoms with E-state index in [-0.39, 0.29) is 11.6 Å². The standard InChI is InChI=1S/C18H16F3N.C2H6/c19-18(20,21)16-9-5-4-8-15(16)14-10-11-22-17(12-14)13-6-2-1-3-7-13;1-2/h1-3,6-12,17,22H,4-5H2;1-2H3. The molecule has 4 heteroatoms. The summed E-state index contributed by atoms with van der Waals surface area (Å²) in [5.74, 6) is 0. The van der Waals surface area contributed by atoms with Crippen LogP contribution in [0.2, 0.25) is 0 Å². The fraction of sp³-hybridized carbons (Fsp3) is 0.300. The first-order valence-corrected chi connectivity index (χ1v) is 8.23. The molecular formula is C20H22F3N. The summed E-state index contributed by atoms with van der Waals surface area (Å²) in [6, 6.07) is 9.56. The summed E-state index contributed by atoms with van der Waals surface area (Å²) in [6.07, 6.45) is 5.03. The highest BCUT2D eigenvalue weighted by Crippen LogP contribution is 2.39. The number of alkyl halides is 3. The number of allylic oxidation sites excluding steroid dienone is 6. The molecule has 128 valence electrons. The molecule has 24 heavy (non-hydrogen) atoms. The minimum atomic E-state index is -4.31. The van der Waals surface area contributed by atoms with E-state index < -0.39 is 11.7 Å². The lowest BCUT2D eigenvalue weighted by molar-refractivity contribution is -0.0895. The van der Waals surface area contributed by atoms with Crippen molar-refractivity contribution in [3.8, 4) is 0 Å². The largest absolute Gasteiger partial charge is 0.416 e. The molecule has 0 saturated heterocycles. The van der Waals surface area contributed by atoms with Gasteiger partial charge in [-0.1, -0.05) is 56.3 Å². The lowest BCUT2D eigenvalue weighted by Gasteiger charge is -2.24. The fourth-order valence-electron chi connectivity index (χ4n) is 2.77. The smallest absolute Gasteiger partial charge is 0.381 e. The summed E-state index contributed by atoms with van der Waals surface area (Å²) < 4.78 is 39.6. The van der Waals surface area contributed by atoms with Crippen molar-refractivity contribution < 1.29 is 13.2 Å². The first kappa shape index (κ1) is 18.1. The van der Waals surface area contributed by atoms with Crippen LogP contribution in [0.15, 0.2) is 77.6 Å². The Hall–Kier alpha value is -2.23. The van der Waals surface area contributed by atoms with Crippen LogP contribution in [0, 0.1) is 0 Å². The molecule has 0 aromatic heterocycles. The first-order valence-electron chi connectivity index (χ1n) is 8.23. The highest BCUT2D eigenvalue weighted by atomic mass is 19.4. The Bertz CT molecular complexity index is 664. The molecule has 1 atom stereocenters. The quantitative estimate of drug-likeness (QED) is 0.699. The molecular weight excluding hydrogens is 311 g/mol. The summed E-state index contributed by atoms with van der Waals surface area (Å²) in [4.78, 5) is 0. The van der Waals surface area contributed by atoms with E-state index in [0.29, 0.717) is 18.4 Å². The zero-order valence-electron chi connectivity index (χ0n) is 13.9. The summed E-state index contributed by atoms with van der Waals surface area (Å²) >= 11 is 0. The Morgan fingerprint density at radius 1 is 1.00 bits per heavy atom. The van der Waals surface area contributed by atoms with Gasteiger partial charge >= 0.3 is 6.18 Å². The SMILES string of the molecule is CC.FC(F)(F)C1=CCCC=C1C1=CC(c2ccccc2)NC=C1. The second-order valence-corrected chi connectivity index (χ2v) is 5.32. The number of benzene rings is 1. The maximum Gasteiger partial charge on any atom is 0.416 e. The van der Waals surface area contributed by atoms with Gasteiger partial charge in [0.1, 0.15) is 0 Å². The van der Waals surface area contributed by atoms with Crippen LogP contribution in [0.25, 0.3) is 0 Å². The van der Waals surface area contributed by atoms with Gasteiger partial charge < -0.3 is 5.32 Å². The van der Waals surface area contributed by atoms with Crippen molar-refractivity contribution in [3.63, 3.8) is 0 Å². The lowest BCUT2D eigenvalue weighted by Crippen LogP contribution is -2.20. The highest BCUT2D eigenvalue weighted by Gasteiger charge is 2.37. The minimum absolute atomic E-state index is 0.112. The van der Waals surface area contributed by atoms with E-state index in [1.54, 1.807) is 18.4 Å². The van der Waals surface area contributed by atoms with Gasteiger partial charge in [-0.2, -0.15) is 13.2 Å². The molecule has 1 aliphatic carbocycles. The molecule has 1 aromatic rings. The number of hydrogen-bond acceptors (Lipinski definition) is 1. The number of nitrogens with one attached hydrogen (secondary N) is 1. The zero-order chi connectivity index (χ0) is 17.6. The van der Waals surface area contributed by atoms with Gasteiger partial charge in [0, 0.05) is 0 Å². The molecule has 0 spiro atoms. The monoisotopic (exact) mass is 333 g/mol. The molecule has 3 rings (SSSR count). The van der Waals surface area contributed by atoms with E-state index >= 15 is 0 Å². The number of rotatable bonds is 2. The molecule has 0 amide bonds. The molecule has 1 aromatic carbocycles. The third-order valence-electron chi connectivity index (χ3n) is 3.81. The van der Waals surface area contributed by atoms with Crippen molar-refractivity contribution in [2.75, 3.05) is 0 Å². The maximum atomic E-state index is 13.2. The fourth-order valence-corrected chi connectivity index (χ4v) is 2.77. The average molecular weight is 333 g/mol. The predicted molar refractivity (Wildman–Crippen MR) is 92.3 cm³/mol. The molecule has 0 radical (unpaired) electrons. The van der Waals surface area contributed by atoms with E-state index in [1.807, 2.05) is 50.3 Å². The van der Waals surface area contributed by atoms with Crippen LogP contribution < -0.4 is 5.32 Å². The third kappa shape index (κ3) is 4.19. The normalized spacial score (nSPS) is 20.0. The van der Waals surface area contributed by atoms with Crippen molar-refractivity contribution in [1.82, 2.24) is 5.32 Å². The van der Waals surface area contributed by atoms with Gasteiger partial charge in [0.05, 0.1) is 11.6 Å². The summed E-state index contributed by atoms with van der Waals surface area (Å²) in [6.45, 7) is 4.00. The van der Waals surface area contributed by atoms with Crippen LogP contribution in [-0.2, 0) is 0 Å². The van der Waals surface area contributed by atoms with Crippen LogP contribution in [0.4, 0.5) is 13.2 Å². The Labute approximate surface area is 141 Å². The zero-order valence-corrected chi connectivity index (χ0v) is 13.9. The first-order chi connectivity index (χ1) is 11.6. The summed E-state index contributed by atoms with van der Waals surface area (Å²) in [7, 11) is 0. The topological polar surface area (TPSA) is 12.0 Å². The van der Waals surface area contributed by atoms with Crippen LogP contribution in [0.1, 0.15) is 38.3 Å². The highest BCUT2D eigenvalue weighted by molar-refractivity contribution is 5.56. The van der Waals surface area contributed by atoms with Crippen molar-refractivity contribution in [2.45, 2.75) is 38.9 Å². The van der Waals surface area contributed by atoms with Crippen LogP contribution in [0.3, 0.4) is 0 Å². The molecule has 0 bridgehead atoms. The van der Waals surface area contributed by atoms with Gasteiger partial charge in [0.2, 0.25) is 0 Å². The van der Waals surface area contributed by atoms with E-state index in [0.717, 1.165) is 5.56 Å². The summed E-state index contributed by atoms with van der Waals surface area (Å²) in [5.41, 5.74) is 1.41. The van der Waals surface area contributed by atoms with Gasteiger partial charge in [0.25, 0.3) is 0 Å². The second-order valence-electron chi connectivity index (χ2n) is 5.32. The van der Waals surface area contributed by atoms with Crippen molar-refractivity contribution in [2.24, 2.45) is 0 Å². The van der Waals surface area contributed by atoms with Crippen LogP contribution in [-0.4, -0.2) is 6.18 Å². The van der Waals surface area contributed by atoms with Gasteiger partial charge in [-0.3, -0.25) is 0 Å². The molecule has 1 unspecified atom stereocenters. The molecule has 1 heterocycles. The van der Waals surface area contributed by atoms with Crippen molar-refractivity contribution in [3.05, 3.63) is 83.1 Å². The average Bonchev–Trinajstić information content (AvgIpc) is 2.63. The Morgan fingerprint density at radius 3 is 2.33 bits per heavy atom. The number of halogens is 3. The van der Waals surface area contributed by atoms with Crippen LogP contribution in [0.5, 0.6) is 0 Å². The molecule has 1 nitrogen and oxygen atoms in total. The van der Waals surface area contributed by atoms with Crippen LogP contribution >= 0.6 is 0 Å². The van der Waals surface area contributed by atoms with E-state index in [2.05, 4.69) is 5.32 Å². The maximum absolute atomic E-state index is 13.2. The molecule has 1 N–H and O–H groups in total. The van der Waals surface area contributed by atoms with E-state index in [9.17, 15) is 13.2 Å². The Morgan fingerprint density at radius 2 is 1.67 bits per heavy atom. The number of dihydropyridines is 1. The van der Waals surface area contributed by atoms with Gasteiger partial charge in [-0.15, -0.1) is 0 Å². The lowest BCUT2D eigenvalue weighted by atomic mass is 9.88. The summed E-state index contributed by atoms with van der Waals surface area (Å²) in [5, 5.41) is 3.17. The number of hydrogen-bond donors (Lipinski definition) is 1. The predicted octanol–water partition coefficient (Wildman–Crippen LogP) is 6.01. The van der Waals surface area contributed by atoms with Crippen molar-refractivity contribution in [1.29, 1.82) is 0 Å². The minimum Gasteiger partial charge on any atom is -0.381 e.